The second kappa shape index (κ2) is 8.11. The predicted molar refractivity (Wildman–Crippen MR) is 125 cm³/mol. The van der Waals surface area contributed by atoms with Crippen LogP contribution in [0.2, 0.25) is 10.0 Å². The van der Waals surface area contributed by atoms with E-state index in [-0.39, 0.29) is 11.7 Å². The van der Waals surface area contributed by atoms with E-state index < -0.39 is 6.04 Å². The van der Waals surface area contributed by atoms with Crippen molar-refractivity contribution in [3.05, 3.63) is 86.7 Å². The molecule has 0 radical (unpaired) electrons. The molecule has 32 heavy (non-hydrogen) atoms. The normalized spacial score (nSPS) is 17.5. The molecule has 0 spiro atoms. The summed E-state index contributed by atoms with van der Waals surface area (Å²) in [5.41, 5.74) is 4.17. The van der Waals surface area contributed by atoms with Gasteiger partial charge in [0.1, 0.15) is 17.4 Å². The molecule has 3 aromatic rings. The number of fused-ring (bicyclic) bond motifs is 1. The first kappa shape index (κ1) is 20.8. The van der Waals surface area contributed by atoms with E-state index in [2.05, 4.69) is 15.7 Å². The number of carbonyl (C=O) groups is 2. The van der Waals surface area contributed by atoms with Gasteiger partial charge in [0, 0.05) is 39.0 Å². The van der Waals surface area contributed by atoms with Crippen molar-refractivity contribution < 1.29 is 9.59 Å². The minimum atomic E-state index is -0.601. The lowest BCUT2D eigenvalue weighted by Gasteiger charge is -2.34. The summed E-state index contributed by atoms with van der Waals surface area (Å²) in [6.07, 6.45) is 3.40. The van der Waals surface area contributed by atoms with Gasteiger partial charge in [0.2, 0.25) is 0 Å². The summed E-state index contributed by atoms with van der Waals surface area (Å²) >= 11 is 13.1. The summed E-state index contributed by atoms with van der Waals surface area (Å²) in [6.45, 7) is 1.99. The first-order chi connectivity index (χ1) is 15.4. The monoisotopic (exact) mass is 466 g/mol. The van der Waals surface area contributed by atoms with Crippen LogP contribution in [0, 0.1) is 6.92 Å². The number of halogens is 2. The maximum Gasteiger partial charge on any atom is 0.261 e. The van der Waals surface area contributed by atoms with Crippen molar-refractivity contribution in [1.29, 1.82) is 0 Å². The highest BCUT2D eigenvalue weighted by atomic mass is 35.5. The number of nitrogens with one attached hydrogen (secondary N) is 2. The molecule has 2 N–H and O–H groups in total. The zero-order valence-electron chi connectivity index (χ0n) is 17.3. The van der Waals surface area contributed by atoms with Gasteiger partial charge in [0.05, 0.1) is 6.20 Å². The van der Waals surface area contributed by atoms with E-state index in [9.17, 15) is 9.59 Å². The van der Waals surface area contributed by atoms with Crippen molar-refractivity contribution in [3.8, 4) is 0 Å². The topological polar surface area (TPSA) is 76.0 Å². The van der Waals surface area contributed by atoms with Gasteiger partial charge in [0.25, 0.3) is 5.91 Å². The highest BCUT2D eigenvalue weighted by Gasteiger charge is 2.39. The average Bonchev–Trinajstić information content (AvgIpc) is 3.19. The molecular formula is C24H20Cl2N4O2. The molecule has 6 nitrogen and oxygen atoms in total. The zero-order chi connectivity index (χ0) is 22.4. The van der Waals surface area contributed by atoms with Crippen molar-refractivity contribution >= 4 is 46.4 Å². The summed E-state index contributed by atoms with van der Waals surface area (Å²) in [7, 11) is 0. The molecule has 5 rings (SSSR count). The summed E-state index contributed by atoms with van der Waals surface area (Å²) in [4.78, 5) is 26.0. The van der Waals surface area contributed by atoms with Crippen molar-refractivity contribution in [1.82, 2.24) is 9.78 Å². The van der Waals surface area contributed by atoms with Crippen LogP contribution in [0.5, 0.6) is 0 Å². The van der Waals surface area contributed by atoms with Crippen LogP contribution < -0.4 is 10.6 Å². The number of benzene rings is 2. The van der Waals surface area contributed by atoms with Crippen LogP contribution in [0.1, 0.15) is 46.8 Å². The fourth-order valence-corrected chi connectivity index (χ4v) is 4.90. The van der Waals surface area contributed by atoms with E-state index in [4.69, 9.17) is 23.2 Å². The molecule has 1 aromatic heterocycles. The van der Waals surface area contributed by atoms with Gasteiger partial charge in [0.15, 0.2) is 5.78 Å². The highest BCUT2D eigenvalue weighted by Crippen LogP contribution is 2.45. The van der Waals surface area contributed by atoms with Crippen molar-refractivity contribution in [2.24, 2.45) is 0 Å². The van der Waals surface area contributed by atoms with Gasteiger partial charge in [-0.3, -0.25) is 9.59 Å². The summed E-state index contributed by atoms with van der Waals surface area (Å²) < 4.78 is 1.64. The fraction of sp³-hybridized carbons (Fsp3) is 0.208. The van der Waals surface area contributed by atoms with Crippen molar-refractivity contribution in [2.75, 3.05) is 10.6 Å². The van der Waals surface area contributed by atoms with E-state index in [0.717, 1.165) is 17.7 Å². The number of aromatic nitrogens is 2. The summed E-state index contributed by atoms with van der Waals surface area (Å²) in [5.74, 6) is 0.258. The molecular weight excluding hydrogens is 447 g/mol. The minimum absolute atomic E-state index is 0.0338. The van der Waals surface area contributed by atoms with Gasteiger partial charge in [-0.05, 0) is 44.0 Å². The molecule has 2 aliphatic rings. The molecule has 2 aromatic carbocycles. The minimum Gasteiger partial charge on any atom is -0.343 e. The number of Topliss-reactive ketones (excluding diaryl/α,β-unsaturated/α-hetero) is 1. The number of amides is 1. The number of hydrogen-bond donors (Lipinski definition) is 2. The van der Waals surface area contributed by atoms with E-state index in [1.54, 1.807) is 22.9 Å². The summed E-state index contributed by atoms with van der Waals surface area (Å²) in [6, 6.07) is 12.2. The first-order valence-electron chi connectivity index (χ1n) is 10.4. The molecule has 1 amide bonds. The lowest BCUT2D eigenvalue weighted by molar-refractivity contribution is -0.116. The third kappa shape index (κ3) is 3.49. The number of nitrogens with zero attached hydrogens (tertiary/aromatic N) is 2. The molecule has 1 atom stereocenters. The number of allylic oxidation sites excluding steroid dienone is 2. The standard InChI is InChI=1S/C24H20Cl2N4O2/c1-13-8-10-14(11-9-13)28-24(32)15-12-27-30-22(20-16(25)4-2-5-17(20)26)21-18(29-23(15)30)6-3-7-19(21)31/h2,4-5,8-12,22,29H,3,6-7H2,1H3,(H,28,32)/t22-/m0/s1. The Hall–Kier alpha value is -3.09. The second-order valence-electron chi connectivity index (χ2n) is 8.00. The van der Waals surface area contributed by atoms with Gasteiger partial charge in [-0.15, -0.1) is 0 Å². The molecule has 0 unspecified atom stereocenters. The maximum absolute atomic E-state index is 13.1. The molecule has 0 fully saturated rings. The Bertz CT molecular complexity index is 1260. The Morgan fingerprint density at radius 1 is 1.12 bits per heavy atom. The number of ketones is 1. The lowest BCUT2D eigenvalue weighted by atomic mass is 9.85. The molecule has 162 valence electrons. The van der Waals surface area contributed by atoms with E-state index in [1.165, 1.54) is 6.20 Å². The molecule has 2 heterocycles. The van der Waals surface area contributed by atoms with Gasteiger partial charge in [-0.25, -0.2) is 4.68 Å². The lowest BCUT2D eigenvalue weighted by Crippen LogP contribution is -2.32. The predicted octanol–water partition coefficient (Wildman–Crippen LogP) is 5.77. The van der Waals surface area contributed by atoms with Crippen LogP contribution in [0.15, 0.2) is 59.9 Å². The number of aryl methyl sites for hydroxylation is 1. The maximum atomic E-state index is 13.1. The Kier molecular flexibility index (Phi) is 5.27. The number of carbonyl (C=O) groups excluding carboxylic acids is 2. The van der Waals surface area contributed by atoms with Crippen LogP contribution in [-0.4, -0.2) is 21.5 Å². The van der Waals surface area contributed by atoms with Crippen LogP contribution in [0.4, 0.5) is 11.5 Å². The van der Waals surface area contributed by atoms with Crippen LogP contribution in [0.3, 0.4) is 0 Å². The smallest absolute Gasteiger partial charge is 0.261 e. The van der Waals surface area contributed by atoms with Gasteiger partial charge in [-0.2, -0.15) is 5.10 Å². The van der Waals surface area contributed by atoms with Gasteiger partial charge in [-0.1, -0.05) is 47.0 Å². The first-order valence-corrected chi connectivity index (χ1v) is 11.1. The molecule has 1 aliphatic carbocycles. The Labute approximate surface area is 195 Å². The third-order valence-electron chi connectivity index (χ3n) is 5.87. The fourth-order valence-electron chi connectivity index (χ4n) is 4.30. The summed E-state index contributed by atoms with van der Waals surface area (Å²) in [5, 5.41) is 11.6. The van der Waals surface area contributed by atoms with E-state index >= 15 is 0 Å². The van der Waals surface area contributed by atoms with E-state index in [1.807, 2.05) is 31.2 Å². The Morgan fingerprint density at radius 3 is 2.56 bits per heavy atom. The Morgan fingerprint density at radius 2 is 1.84 bits per heavy atom. The number of anilines is 2. The SMILES string of the molecule is Cc1ccc(NC(=O)c2cnn3c2NC2=C(C(=O)CCC2)[C@@H]3c2c(Cl)cccc2Cl)cc1. The second-order valence-corrected chi connectivity index (χ2v) is 8.82. The van der Waals surface area contributed by atoms with Crippen molar-refractivity contribution in [3.63, 3.8) is 0 Å². The van der Waals surface area contributed by atoms with Gasteiger partial charge >= 0.3 is 0 Å². The molecule has 0 bridgehead atoms. The quantitative estimate of drug-likeness (QED) is 0.513. The van der Waals surface area contributed by atoms with Crippen LogP contribution in [0.25, 0.3) is 0 Å². The highest BCUT2D eigenvalue weighted by molar-refractivity contribution is 6.36. The molecule has 0 saturated carbocycles. The van der Waals surface area contributed by atoms with Gasteiger partial charge < -0.3 is 10.6 Å². The zero-order valence-corrected chi connectivity index (χ0v) is 18.8. The number of hydrogen-bond acceptors (Lipinski definition) is 4. The van der Waals surface area contributed by atoms with E-state index in [0.29, 0.717) is 51.1 Å². The van der Waals surface area contributed by atoms with Crippen molar-refractivity contribution in [2.45, 2.75) is 32.2 Å². The van der Waals surface area contributed by atoms with Crippen LogP contribution >= 0.6 is 23.2 Å². The molecule has 1 aliphatic heterocycles. The Balaban J connectivity index is 1.61. The third-order valence-corrected chi connectivity index (χ3v) is 6.53. The molecule has 0 saturated heterocycles. The largest absolute Gasteiger partial charge is 0.343 e. The average molecular weight is 467 g/mol. The molecule has 8 heteroatoms. The number of rotatable bonds is 3. The van der Waals surface area contributed by atoms with Crippen LogP contribution in [-0.2, 0) is 4.79 Å².